The second-order valence-corrected chi connectivity index (χ2v) is 5.05. The van der Waals surface area contributed by atoms with E-state index in [0.717, 1.165) is 38.5 Å². The minimum absolute atomic E-state index is 0.0115. The molecule has 2 unspecified atom stereocenters. The number of hydrogen-bond acceptors (Lipinski definition) is 3. The topological polar surface area (TPSA) is 75.4 Å². The van der Waals surface area contributed by atoms with Crippen LogP contribution in [0.25, 0.3) is 0 Å². The van der Waals surface area contributed by atoms with E-state index in [1.165, 1.54) is 0 Å². The van der Waals surface area contributed by atoms with Crippen LogP contribution in [-0.4, -0.2) is 29.2 Å². The number of carbonyl (C=O) groups is 1. The number of aliphatic hydroxyl groups excluding tert-OH is 1. The highest BCUT2D eigenvalue weighted by molar-refractivity contribution is 5.88. The first kappa shape index (κ1) is 10.9. The van der Waals surface area contributed by atoms with Gasteiger partial charge in [0.2, 0.25) is 5.91 Å². The van der Waals surface area contributed by atoms with Gasteiger partial charge >= 0.3 is 0 Å². The molecule has 2 aliphatic carbocycles. The molecule has 0 bridgehead atoms. The highest BCUT2D eigenvalue weighted by Crippen LogP contribution is 2.32. The van der Waals surface area contributed by atoms with Crippen LogP contribution in [0.5, 0.6) is 0 Å². The Kier molecular flexibility index (Phi) is 2.98. The van der Waals surface area contributed by atoms with Crippen LogP contribution in [0.1, 0.15) is 38.5 Å². The molecule has 86 valence electrons. The first-order valence-electron chi connectivity index (χ1n) is 5.85. The third kappa shape index (κ3) is 2.69. The highest BCUT2D eigenvalue weighted by Gasteiger charge is 2.45. The van der Waals surface area contributed by atoms with Crippen LogP contribution in [0.3, 0.4) is 0 Å². The average Bonchev–Trinajstić information content (AvgIpc) is 2.94. The van der Waals surface area contributed by atoms with Gasteiger partial charge in [-0.1, -0.05) is 6.42 Å². The Morgan fingerprint density at radius 2 is 2.20 bits per heavy atom. The molecular weight excluding hydrogens is 192 g/mol. The lowest BCUT2D eigenvalue weighted by atomic mass is 9.87. The first-order valence-corrected chi connectivity index (χ1v) is 5.85. The summed E-state index contributed by atoms with van der Waals surface area (Å²) in [7, 11) is 0. The molecule has 2 aliphatic rings. The van der Waals surface area contributed by atoms with Gasteiger partial charge in [-0.3, -0.25) is 4.79 Å². The van der Waals surface area contributed by atoms with E-state index in [-0.39, 0.29) is 12.0 Å². The van der Waals surface area contributed by atoms with Crippen molar-refractivity contribution in [1.82, 2.24) is 5.32 Å². The Hall–Kier alpha value is -0.610. The van der Waals surface area contributed by atoms with Gasteiger partial charge in [0.05, 0.1) is 11.6 Å². The predicted octanol–water partition coefficient (Wildman–Crippen LogP) is 0.145. The lowest BCUT2D eigenvalue weighted by Gasteiger charge is -2.26. The standard InChI is InChI=1S/C11H20N2O2/c12-11(4-5-11)10(15)13-7-8-2-1-3-9(14)6-8/h8-9,14H,1-7,12H2,(H,13,15). The molecule has 0 aliphatic heterocycles. The molecule has 2 rings (SSSR count). The van der Waals surface area contributed by atoms with E-state index in [4.69, 9.17) is 5.73 Å². The number of nitrogens with one attached hydrogen (secondary N) is 1. The summed E-state index contributed by atoms with van der Waals surface area (Å²) in [6.07, 6.45) is 5.35. The summed E-state index contributed by atoms with van der Waals surface area (Å²) >= 11 is 0. The van der Waals surface area contributed by atoms with Crippen molar-refractivity contribution in [2.45, 2.75) is 50.2 Å². The Morgan fingerprint density at radius 3 is 2.80 bits per heavy atom. The largest absolute Gasteiger partial charge is 0.393 e. The fraction of sp³-hybridized carbons (Fsp3) is 0.909. The Bertz CT molecular complexity index is 251. The number of hydrogen-bond donors (Lipinski definition) is 3. The molecule has 2 atom stereocenters. The van der Waals surface area contributed by atoms with Gasteiger partial charge < -0.3 is 16.2 Å². The number of amides is 1. The van der Waals surface area contributed by atoms with Crippen LogP contribution in [0, 0.1) is 5.92 Å². The molecule has 0 aromatic carbocycles. The van der Waals surface area contributed by atoms with Crippen molar-refractivity contribution in [3.05, 3.63) is 0 Å². The monoisotopic (exact) mass is 212 g/mol. The van der Waals surface area contributed by atoms with E-state index in [1.807, 2.05) is 0 Å². The third-order valence-electron chi connectivity index (χ3n) is 3.55. The molecule has 0 radical (unpaired) electrons. The predicted molar refractivity (Wildman–Crippen MR) is 57.1 cm³/mol. The molecule has 2 fully saturated rings. The van der Waals surface area contributed by atoms with E-state index in [1.54, 1.807) is 0 Å². The Balaban J connectivity index is 1.71. The quantitative estimate of drug-likeness (QED) is 0.623. The normalized spacial score (nSPS) is 33.5. The molecule has 0 aromatic heterocycles. The van der Waals surface area contributed by atoms with Gasteiger partial charge in [-0.2, -0.15) is 0 Å². The highest BCUT2D eigenvalue weighted by atomic mass is 16.3. The smallest absolute Gasteiger partial charge is 0.240 e. The third-order valence-corrected chi connectivity index (χ3v) is 3.55. The first-order chi connectivity index (χ1) is 7.10. The zero-order chi connectivity index (χ0) is 10.9. The summed E-state index contributed by atoms with van der Waals surface area (Å²) in [6, 6.07) is 0. The molecular formula is C11H20N2O2. The van der Waals surface area contributed by atoms with E-state index >= 15 is 0 Å². The fourth-order valence-corrected chi connectivity index (χ4v) is 2.22. The molecule has 4 nitrogen and oxygen atoms in total. The second kappa shape index (κ2) is 4.10. The second-order valence-electron chi connectivity index (χ2n) is 5.05. The van der Waals surface area contributed by atoms with Gasteiger partial charge in [0, 0.05) is 6.54 Å². The maximum atomic E-state index is 11.6. The molecule has 15 heavy (non-hydrogen) atoms. The van der Waals surface area contributed by atoms with Crippen molar-refractivity contribution in [2.75, 3.05) is 6.54 Å². The van der Waals surface area contributed by atoms with Crippen molar-refractivity contribution in [1.29, 1.82) is 0 Å². The maximum Gasteiger partial charge on any atom is 0.240 e. The molecule has 1 amide bonds. The van der Waals surface area contributed by atoms with Crippen LogP contribution >= 0.6 is 0 Å². The van der Waals surface area contributed by atoms with Gasteiger partial charge in [-0.25, -0.2) is 0 Å². The van der Waals surface area contributed by atoms with Gasteiger partial charge in [-0.05, 0) is 38.0 Å². The summed E-state index contributed by atoms with van der Waals surface area (Å²) < 4.78 is 0. The Morgan fingerprint density at radius 1 is 1.47 bits per heavy atom. The number of rotatable bonds is 3. The van der Waals surface area contributed by atoms with Crippen LogP contribution in [0.15, 0.2) is 0 Å². The number of nitrogens with two attached hydrogens (primary N) is 1. The summed E-state index contributed by atoms with van der Waals surface area (Å²) in [5.41, 5.74) is 5.21. The summed E-state index contributed by atoms with van der Waals surface area (Å²) in [5.74, 6) is 0.419. The average molecular weight is 212 g/mol. The number of carbonyl (C=O) groups excluding carboxylic acids is 1. The summed E-state index contributed by atoms with van der Waals surface area (Å²) in [5, 5.41) is 12.4. The van der Waals surface area contributed by atoms with Crippen LogP contribution in [0.2, 0.25) is 0 Å². The van der Waals surface area contributed by atoms with Crippen molar-refractivity contribution < 1.29 is 9.90 Å². The van der Waals surface area contributed by atoms with Gasteiger partial charge in [0.1, 0.15) is 0 Å². The molecule has 0 spiro atoms. The minimum Gasteiger partial charge on any atom is -0.393 e. The zero-order valence-electron chi connectivity index (χ0n) is 9.04. The molecule has 0 heterocycles. The van der Waals surface area contributed by atoms with Crippen molar-refractivity contribution in [3.63, 3.8) is 0 Å². The van der Waals surface area contributed by atoms with Gasteiger partial charge in [-0.15, -0.1) is 0 Å². The Labute approximate surface area is 90.2 Å². The van der Waals surface area contributed by atoms with Crippen LogP contribution in [0.4, 0.5) is 0 Å². The molecule has 4 N–H and O–H groups in total. The SMILES string of the molecule is NC1(C(=O)NCC2CCCC(O)C2)CC1. The lowest BCUT2D eigenvalue weighted by molar-refractivity contribution is -0.123. The van der Waals surface area contributed by atoms with E-state index in [2.05, 4.69) is 5.32 Å². The van der Waals surface area contributed by atoms with E-state index in [0.29, 0.717) is 12.5 Å². The molecule has 0 saturated heterocycles. The molecule has 0 aromatic rings. The summed E-state index contributed by atoms with van der Waals surface area (Å²) in [6.45, 7) is 0.675. The van der Waals surface area contributed by atoms with Crippen LogP contribution in [-0.2, 0) is 4.79 Å². The molecule has 2 saturated carbocycles. The molecule has 4 heteroatoms. The minimum atomic E-state index is -0.562. The van der Waals surface area contributed by atoms with E-state index < -0.39 is 5.54 Å². The maximum absolute atomic E-state index is 11.6. The van der Waals surface area contributed by atoms with Crippen molar-refractivity contribution in [2.24, 2.45) is 11.7 Å². The van der Waals surface area contributed by atoms with Crippen LogP contribution < -0.4 is 11.1 Å². The fourth-order valence-electron chi connectivity index (χ4n) is 2.22. The van der Waals surface area contributed by atoms with Crippen molar-refractivity contribution in [3.8, 4) is 0 Å². The van der Waals surface area contributed by atoms with Crippen molar-refractivity contribution >= 4 is 5.91 Å². The zero-order valence-corrected chi connectivity index (χ0v) is 9.04. The summed E-state index contributed by atoms with van der Waals surface area (Å²) in [4.78, 5) is 11.6. The number of aliphatic hydroxyl groups is 1. The van der Waals surface area contributed by atoms with E-state index in [9.17, 15) is 9.90 Å². The van der Waals surface area contributed by atoms with Gasteiger partial charge in [0.15, 0.2) is 0 Å². The lowest BCUT2D eigenvalue weighted by Crippen LogP contribution is -2.44. The van der Waals surface area contributed by atoms with Gasteiger partial charge in [0.25, 0.3) is 0 Å².